The van der Waals surface area contributed by atoms with Gasteiger partial charge in [0.15, 0.2) is 23.1 Å². The number of halogens is 4. The Kier molecular flexibility index (Phi) is 9.44. The van der Waals surface area contributed by atoms with Gasteiger partial charge >= 0.3 is 12.1 Å². The van der Waals surface area contributed by atoms with Crippen LogP contribution >= 0.6 is 0 Å². The van der Waals surface area contributed by atoms with Crippen molar-refractivity contribution in [3.05, 3.63) is 123 Å². The Hall–Kier alpha value is -5.86. The molecule has 0 bridgehead atoms. The molecule has 3 aromatic carbocycles. The SMILES string of the molecule is COC(=O)c1c(OCc2ccccc2)c(=O)c(C(=O)NCc2ccc(F)cc2F)cn1C1COc2cc(F)c(F)cc2N(C(=O)O)C1. The molecule has 2 heterocycles. The Morgan fingerprint density at radius 2 is 1.72 bits per heavy atom. The second kappa shape index (κ2) is 13.6. The van der Waals surface area contributed by atoms with Crippen molar-refractivity contribution < 1.29 is 51.3 Å². The van der Waals surface area contributed by atoms with E-state index >= 15 is 0 Å². The van der Waals surface area contributed by atoms with Gasteiger partial charge in [-0.3, -0.25) is 14.5 Å². The van der Waals surface area contributed by atoms with Crippen LogP contribution in [0.25, 0.3) is 0 Å². The summed E-state index contributed by atoms with van der Waals surface area (Å²) in [7, 11) is 1.02. The predicted molar refractivity (Wildman–Crippen MR) is 157 cm³/mol. The fraction of sp³-hybridized carbons (Fsp3) is 0.188. The minimum Gasteiger partial charge on any atom is -0.489 e. The lowest BCUT2D eigenvalue weighted by atomic mass is 10.1. The molecule has 4 aromatic rings. The molecule has 47 heavy (non-hydrogen) atoms. The fourth-order valence-electron chi connectivity index (χ4n) is 4.90. The summed E-state index contributed by atoms with van der Waals surface area (Å²) in [4.78, 5) is 53.4. The average molecular weight is 656 g/mol. The molecule has 2 amide bonds. The highest BCUT2D eigenvalue weighted by Gasteiger charge is 2.34. The molecule has 1 aliphatic rings. The van der Waals surface area contributed by atoms with Crippen LogP contribution in [0.4, 0.5) is 28.0 Å². The molecule has 11 nitrogen and oxygen atoms in total. The van der Waals surface area contributed by atoms with Crippen molar-refractivity contribution in [3.63, 3.8) is 0 Å². The van der Waals surface area contributed by atoms with E-state index in [9.17, 15) is 41.8 Å². The lowest BCUT2D eigenvalue weighted by Crippen LogP contribution is -2.39. The number of methoxy groups -OCH3 is 1. The summed E-state index contributed by atoms with van der Waals surface area (Å²) in [5.41, 5.74) is -2.05. The van der Waals surface area contributed by atoms with Gasteiger partial charge in [-0.25, -0.2) is 27.2 Å². The van der Waals surface area contributed by atoms with Gasteiger partial charge in [0.2, 0.25) is 5.43 Å². The molecule has 15 heteroatoms. The molecular weight excluding hydrogens is 630 g/mol. The molecule has 2 N–H and O–H groups in total. The summed E-state index contributed by atoms with van der Waals surface area (Å²) < 4.78 is 73.3. The van der Waals surface area contributed by atoms with Gasteiger partial charge in [-0.2, -0.15) is 0 Å². The molecule has 0 fully saturated rings. The number of aromatic nitrogens is 1. The normalized spacial score (nSPS) is 14.0. The number of carbonyl (C=O) groups excluding carboxylic acids is 2. The third-order valence-electron chi connectivity index (χ3n) is 7.24. The standard InChI is InChI=1S/C32H25F4N3O8/c1-45-31(42)27-29(47-15-17-5-3-2-4-6-17)28(40)21(30(41)37-12-18-7-8-19(33)9-22(18)34)14-38(27)20-13-39(32(43)44)25-10-23(35)24(36)11-26(25)46-16-20/h2-11,14,20H,12-13,15-16H2,1H3,(H,37,41)(H,43,44). The molecule has 0 saturated carbocycles. The van der Waals surface area contributed by atoms with Crippen LogP contribution in [0, 0.1) is 23.3 Å². The van der Waals surface area contributed by atoms with Gasteiger partial charge in [0, 0.05) is 36.5 Å². The summed E-state index contributed by atoms with van der Waals surface area (Å²) in [6.45, 7) is -1.72. The van der Waals surface area contributed by atoms with Crippen LogP contribution in [-0.4, -0.2) is 47.9 Å². The molecule has 0 aliphatic carbocycles. The van der Waals surface area contributed by atoms with Crippen LogP contribution in [0.5, 0.6) is 11.5 Å². The molecular formula is C32H25F4N3O8. The maximum Gasteiger partial charge on any atom is 0.412 e. The highest BCUT2D eigenvalue weighted by atomic mass is 19.2. The van der Waals surface area contributed by atoms with Crippen molar-refractivity contribution in [2.24, 2.45) is 0 Å². The van der Waals surface area contributed by atoms with Crippen LogP contribution < -0.4 is 25.1 Å². The Morgan fingerprint density at radius 1 is 1.00 bits per heavy atom. The number of anilines is 1. The monoisotopic (exact) mass is 655 g/mol. The zero-order valence-electron chi connectivity index (χ0n) is 24.5. The predicted octanol–water partition coefficient (Wildman–Crippen LogP) is 4.82. The molecule has 244 valence electrons. The Balaban J connectivity index is 1.62. The minimum absolute atomic E-state index is 0.0988. The van der Waals surface area contributed by atoms with E-state index in [-0.39, 0.29) is 23.6 Å². The third-order valence-corrected chi connectivity index (χ3v) is 7.24. The number of rotatable bonds is 8. The second-order valence-electron chi connectivity index (χ2n) is 10.2. The maximum atomic E-state index is 14.3. The van der Waals surface area contributed by atoms with E-state index in [1.165, 1.54) is 0 Å². The number of carbonyl (C=O) groups is 3. The van der Waals surface area contributed by atoms with Crippen LogP contribution in [0.1, 0.15) is 38.0 Å². The first-order valence-corrected chi connectivity index (χ1v) is 13.9. The Bertz CT molecular complexity index is 1920. The van der Waals surface area contributed by atoms with Crippen LogP contribution in [-0.2, 0) is 17.9 Å². The largest absolute Gasteiger partial charge is 0.489 e. The maximum absolute atomic E-state index is 14.3. The quantitative estimate of drug-likeness (QED) is 0.204. The van der Waals surface area contributed by atoms with Crippen molar-refractivity contribution in [1.82, 2.24) is 9.88 Å². The number of carboxylic acid groups (broad SMARTS) is 1. The fourth-order valence-corrected chi connectivity index (χ4v) is 4.90. The smallest absolute Gasteiger partial charge is 0.412 e. The number of nitrogens with one attached hydrogen (secondary N) is 1. The molecule has 0 spiro atoms. The Morgan fingerprint density at radius 3 is 2.40 bits per heavy atom. The lowest BCUT2D eigenvalue weighted by Gasteiger charge is -2.26. The first kappa shape index (κ1) is 32.5. The molecule has 5 rings (SSSR count). The molecule has 1 aliphatic heterocycles. The Labute approximate surface area is 263 Å². The number of ether oxygens (including phenoxy) is 3. The molecule has 1 atom stereocenters. The number of benzene rings is 3. The zero-order valence-corrected chi connectivity index (χ0v) is 24.5. The van der Waals surface area contributed by atoms with Gasteiger partial charge < -0.3 is 29.2 Å². The molecule has 0 saturated heterocycles. The van der Waals surface area contributed by atoms with E-state index in [0.29, 0.717) is 28.7 Å². The summed E-state index contributed by atoms with van der Waals surface area (Å²) in [6, 6.07) is 11.2. The van der Waals surface area contributed by atoms with Gasteiger partial charge in [-0.1, -0.05) is 36.4 Å². The average Bonchev–Trinajstić information content (AvgIpc) is 3.23. The minimum atomic E-state index is -1.59. The van der Waals surface area contributed by atoms with E-state index in [4.69, 9.17) is 14.2 Å². The number of nitrogens with zero attached hydrogens (tertiary/aromatic N) is 2. The third kappa shape index (κ3) is 6.88. The summed E-state index contributed by atoms with van der Waals surface area (Å²) in [6.07, 6.45) is -0.640. The molecule has 1 unspecified atom stereocenters. The van der Waals surface area contributed by atoms with Gasteiger partial charge in [-0.05, 0) is 11.6 Å². The summed E-state index contributed by atoms with van der Waals surface area (Å²) in [5.74, 6) is -7.56. The first-order chi connectivity index (χ1) is 22.5. The first-order valence-electron chi connectivity index (χ1n) is 13.9. The number of pyridine rings is 1. The number of amides is 2. The number of esters is 1. The highest BCUT2D eigenvalue weighted by Crippen LogP contribution is 2.36. The van der Waals surface area contributed by atoms with Crippen LogP contribution in [0.15, 0.2) is 71.7 Å². The highest BCUT2D eigenvalue weighted by molar-refractivity contribution is 5.97. The number of hydrogen-bond donors (Lipinski definition) is 2. The van der Waals surface area contributed by atoms with E-state index in [2.05, 4.69) is 5.32 Å². The van der Waals surface area contributed by atoms with E-state index < -0.39 is 89.4 Å². The van der Waals surface area contributed by atoms with E-state index in [1.54, 1.807) is 30.3 Å². The van der Waals surface area contributed by atoms with Crippen molar-refractivity contribution in [3.8, 4) is 11.5 Å². The summed E-state index contributed by atoms with van der Waals surface area (Å²) in [5, 5.41) is 12.4. The summed E-state index contributed by atoms with van der Waals surface area (Å²) >= 11 is 0. The number of hydrogen-bond acceptors (Lipinski definition) is 7. The van der Waals surface area contributed by atoms with Gasteiger partial charge in [0.25, 0.3) is 5.91 Å². The van der Waals surface area contributed by atoms with Gasteiger partial charge in [-0.15, -0.1) is 0 Å². The van der Waals surface area contributed by atoms with Gasteiger partial charge in [0.05, 0.1) is 25.4 Å². The lowest BCUT2D eigenvalue weighted by molar-refractivity contribution is 0.0574. The van der Waals surface area contributed by atoms with Crippen molar-refractivity contribution in [2.75, 3.05) is 25.2 Å². The molecule has 1 aromatic heterocycles. The van der Waals surface area contributed by atoms with Gasteiger partial charge in [0.1, 0.15) is 36.2 Å². The zero-order chi connectivity index (χ0) is 33.8. The van der Waals surface area contributed by atoms with Crippen LogP contribution in [0.2, 0.25) is 0 Å². The second-order valence-corrected chi connectivity index (χ2v) is 10.2. The topological polar surface area (TPSA) is 136 Å². The van der Waals surface area contributed by atoms with Crippen molar-refractivity contribution in [1.29, 1.82) is 0 Å². The molecule has 0 radical (unpaired) electrons. The van der Waals surface area contributed by atoms with Crippen molar-refractivity contribution in [2.45, 2.75) is 19.2 Å². The number of fused-ring (bicyclic) bond motifs is 1. The van der Waals surface area contributed by atoms with E-state index in [1.807, 2.05) is 0 Å². The van der Waals surface area contributed by atoms with E-state index in [0.717, 1.165) is 30.0 Å². The van der Waals surface area contributed by atoms with Crippen molar-refractivity contribution >= 4 is 23.7 Å². The van der Waals surface area contributed by atoms with Crippen LogP contribution in [0.3, 0.4) is 0 Å².